The van der Waals surface area contributed by atoms with E-state index in [0.717, 1.165) is 5.82 Å². The largest absolute Gasteiger partial charge is 0.491 e. The summed E-state index contributed by atoms with van der Waals surface area (Å²) in [6.45, 7) is 3.52. The van der Waals surface area contributed by atoms with Gasteiger partial charge in [-0.3, -0.25) is 4.79 Å². The van der Waals surface area contributed by atoms with Crippen molar-refractivity contribution in [3.05, 3.63) is 43.2 Å². The van der Waals surface area contributed by atoms with Gasteiger partial charge in [0.2, 0.25) is 5.91 Å². The molecular weight excluding hydrogens is 322 g/mol. The van der Waals surface area contributed by atoms with Gasteiger partial charge in [-0.1, -0.05) is 6.58 Å². The number of benzene rings is 1. The van der Waals surface area contributed by atoms with Gasteiger partial charge in [0.15, 0.2) is 0 Å². The van der Waals surface area contributed by atoms with E-state index >= 15 is 0 Å². The van der Waals surface area contributed by atoms with Gasteiger partial charge in [0.05, 0.1) is 18.0 Å². The average molecular weight is 343 g/mol. The molecule has 0 aliphatic carbocycles. The number of anilines is 4. The normalized spacial score (nSPS) is 10.0. The van der Waals surface area contributed by atoms with Crippen LogP contribution in [0.5, 0.6) is 5.75 Å². The molecule has 3 N–H and O–H groups in total. The van der Waals surface area contributed by atoms with Gasteiger partial charge in [0.1, 0.15) is 30.3 Å². The van der Waals surface area contributed by atoms with E-state index in [-0.39, 0.29) is 19.1 Å². The van der Waals surface area contributed by atoms with Gasteiger partial charge < -0.3 is 25.4 Å². The van der Waals surface area contributed by atoms with E-state index in [0.29, 0.717) is 22.9 Å². The standard InChI is InChI=1S/C17H21N5O3/c1-4-17(24)21-14-9-12(25-8-7-23)5-6-13(14)20-15-10-16(22(2)3)19-11-18-15/h4-6,9-11,23H,1,7-8H2,2-3H3,(H,21,24)(H,18,19,20). The SMILES string of the molecule is C=CC(=O)Nc1cc(OCCO)ccc1Nc1cc(N(C)C)ncn1. The summed E-state index contributed by atoms with van der Waals surface area (Å²) in [5.74, 6) is 1.50. The Morgan fingerprint density at radius 3 is 2.80 bits per heavy atom. The molecule has 0 bridgehead atoms. The number of carbonyl (C=O) groups is 1. The second-order valence-corrected chi connectivity index (χ2v) is 5.25. The number of carbonyl (C=O) groups excluding carboxylic acids is 1. The molecule has 0 saturated heterocycles. The van der Waals surface area contributed by atoms with Gasteiger partial charge >= 0.3 is 0 Å². The van der Waals surface area contributed by atoms with Crippen molar-refractivity contribution in [3.63, 3.8) is 0 Å². The van der Waals surface area contributed by atoms with Crippen LogP contribution in [0.4, 0.5) is 23.0 Å². The van der Waals surface area contributed by atoms with E-state index in [1.54, 1.807) is 24.3 Å². The Bertz CT molecular complexity index is 749. The molecule has 0 fully saturated rings. The predicted octanol–water partition coefficient (Wildman–Crippen LogP) is 1.78. The molecule has 25 heavy (non-hydrogen) atoms. The van der Waals surface area contributed by atoms with Crippen molar-refractivity contribution in [1.82, 2.24) is 9.97 Å². The van der Waals surface area contributed by atoms with Crippen LogP contribution in [0.25, 0.3) is 0 Å². The smallest absolute Gasteiger partial charge is 0.247 e. The summed E-state index contributed by atoms with van der Waals surface area (Å²) < 4.78 is 5.38. The van der Waals surface area contributed by atoms with Crippen LogP contribution in [0.2, 0.25) is 0 Å². The molecule has 0 saturated carbocycles. The van der Waals surface area contributed by atoms with Crippen LogP contribution in [0.15, 0.2) is 43.2 Å². The van der Waals surface area contributed by atoms with Crippen molar-refractivity contribution in [3.8, 4) is 5.75 Å². The zero-order valence-corrected chi connectivity index (χ0v) is 14.2. The first kappa shape index (κ1) is 18.2. The molecule has 8 heteroatoms. The summed E-state index contributed by atoms with van der Waals surface area (Å²) >= 11 is 0. The van der Waals surface area contributed by atoms with Crippen LogP contribution in [0, 0.1) is 0 Å². The Balaban J connectivity index is 2.29. The number of aliphatic hydroxyl groups excluding tert-OH is 1. The highest BCUT2D eigenvalue weighted by Gasteiger charge is 2.09. The third kappa shape index (κ3) is 5.18. The quantitative estimate of drug-likeness (QED) is 0.628. The third-order valence-electron chi connectivity index (χ3n) is 3.17. The molecule has 0 aliphatic heterocycles. The van der Waals surface area contributed by atoms with Gasteiger partial charge in [-0.05, 0) is 18.2 Å². The summed E-state index contributed by atoms with van der Waals surface area (Å²) in [6.07, 6.45) is 2.64. The van der Waals surface area contributed by atoms with E-state index in [1.165, 1.54) is 12.4 Å². The maximum absolute atomic E-state index is 11.7. The summed E-state index contributed by atoms with van der Waals surface area (Å²) in [6, 6.07) is 6.93. The van der Waals surface area contributed by atoms with Gasteiger partial charge in [-0.15, -0.1) is 0 Å². The molecule has 0 atom stereocenters. The zero-order valence-electron chi connectivity index (χ0n) is 14.2. The van der Waals surface area contributed by atoms with E-state index in [2.05, 4.69) is 27.2 Å². The molecule has 1 heterocycles. The Morgan fingerprint density at radius 2 is 2.12 bits per heavy atom. The van der Waals surface area contributed by atoms with Crippen molar-refractivity contribution in [2.45, 2.75) is 0 Å². The molecule has 0 unspecified atom stereocenters. The minimum atomic E-state index is -0.348. The van der Waals surface area contributed by atoms with Crippen molar-refractivity contribution >= 4 is 28.9 Å². The van der Waals surface area contributed by atoms with Crippen LogP contribution in [-0.4, -0.2) is 48.3 Å². The Hall–Kier alpha value is -3.13. The number of aliphatic hydroxyl groups is 1. The molecule has 0 radical (unpaired) electrons. The van der Waals surface area contributed by atoms with Gasteiger partial charge in [0.25, 0.3) is 0 Å². The fourth-order valence-corrected chi connectivity index (χ4v) is 1.97. The van der Waals surface area contributed by atoms with Crippen LogP contribution in [0.1, 0.15) is 0 Å². The third-order valence-corrected chi connectivity index (χ3v) is 3.17. The van der Waals surface area contributed by atoms with E-state index in [9.17, 15) is 4.79 Å². The number of ether oxygens (including phenoxy) is 1. The van der Waals surface area contributed by atoms with Gasteiger partial charge in [0, 0.05) is 26.2 Å². The number of aromatic nitrogens is 2. The van der Waals surface area contributed by atoms with Gasteiger partial charge in [-0.2, -0.15) is 0 Å². The summed E-state index contributed by atoms with van der Waals surface area (Å²) in [7, 11) is 3.77. The first-order valence-electron chi connectivity index (χ1n) is 7.61. The fourth-order valence-electron chi connectivity index (χ4n) is 1.97. The van der Waals surface area contributed by atoms with Crippen LogP contribution in [0.3, 0.4) is 0 Å². The maximum atomic E-state index is 11.7. The summed E-state index contributed by atoms with van der Waals surface area (Å²) in [5.41, 5.74) is 1.14. The van der Waals surface area contributed by atoms with Crippen LogP contribution >= 0.6 is 0 Å². The van der Waals surface area contributed by atoms with E-state index in [1.807, 2.05) is 19.0 Å². The molecule has 8 nitrogen and oxygen atoms in total. The van der Waals surface area contributed by atoms with E-state index in [4.69, 9.17) is 9.84 Å². The Kier molecular flexibility index (Phi) is 6.30. The minimum absolute atomic E-state index is 0.0946. The molecule has 1 amide bonds. The molecule has 0 spiro atoms. The number of amides is 1. The molecule has 1 aromatic carbocycles. The Labute approximate surface area is 146 Å². The van der Waals surface area contributed by atoms with Crippen molar-refractivity contribution in [2.75, 3.05) is 42.8 Å². The molecule has 0 aliphatic rings. The number of rotatable bonds is 8. The first-order chi connectivity index (χ1) is 12.0. The second-order valence-electron chi connectivity index (χ2n) is 5.25. The molecular formula is C17H21N5O3. The lowest BCUT2D eigenvalue weighted by atomic mass is 10.2. The lowest BCUT2D eigenvalue weighted by molar-refractivity contribution is -0.111. The average Bonchev–Trinajstić information content (AvgIpc) is 2.61. The maximum Gasteiger partial charge on any atom is 0.247 e. The number of nitrogens with one attached hydrogen (secondary N) is 2. The highest BCUT2D eigenvalue weighted by Crippen LogP contribution is 2.30. The van der Waals surface area contributed by atoms with Crippen LogP contribution in [-0.2, 0) is 4.79 Å². The number of hydrogen-bond acceptors (Lipinski definition) is 7. The summed E-state index contributed by atoms with van der Waals surface area (Å²) in [4.78, 5) is 21.9. The minimum Gasteiger partial charge on any atom is -0.491 e. The van der Waals surface area contributed by atoms with Crippen molar-refractivity contribution in [2.24, 2.45) is 0 Å². The van der Waals surface area contributed by atoms with Crippen molar-refractivity contribution in [1.29, 1.82) is 0 Å². The molecule has 132 valence electrons. The Morgan fingerprint density at radius 1 is 1.32 bits per heavy atom. The van der Waals surface area contributed by atoms with E-state index < -0.39 is 0 Å². The fraction of sp³-hybridized carbons (Fsp3) is 0.235. The summed E-state index contributed by atoms with van der Waals surface area (Å²) in [5, 5.41) is 14.7. The van der Waals surface area contributed by atoms with Crippen LogP contribution < -0.4 is 20.3 Å². The zero-order chi connectivity index (χ0) is 18.2. The monoisotopic (exact) mass is 343 g/mol. The number of nitrogens with zero attached hydrogens (tertiary/aromatic N) is 3. The molecule has 2 aromatic rings. The lowest BCUT2D eigenvalue weighted by Crippen LogP contribution is -2.12. The molecule has 2 rings (SSSR count). The first-order valence-corrected chi connectivity index (χ1v) is 7.61. The predicted molar refractivity (Wildman–Crippen MR) is 97.5 cm³/mol. The highest BCUT2D eigenvalue weighted by molar-refractivity contribution is 6.01. The lowest BCUT2D eigenvalue weighted by Gasteiger charge is -2.15. The topological polar surface area (TPSA) is 99.6 Å². The number of hydrogen-bond donors (Lipinski definition) is 3. The molecule has 1 aromatic heterocycles. The van der Waals surface area contributed by atoms with Gasteiger partial charge in [-0.25, -0.2) is 9.97 Å². The highest BCUT2D eigenvalue weighted by atomic mass is 16.5. The van der Waals surface area contributed by atoms with Crippen molar-refractivity contribution < 1.29 is 14.6 Å². The second kappa shape index (κ2) is 8.65.